The van der Waals surface area contributed by atoms with Crippen molar-refractivity contribution < 1.29 is 9.13 Å². The van der Waals surface area contributed by atoms with Gasteiger partial charge in [-0.1, -0.05) is 18.2 Å². The lowest BCUT2D eigenvalue weighted by molar-refractivity contribution is 0.300. The van der Waals surface area contributed by atoms with Crippen molar-refractivity contribution in [1.82, 2.24) is 4.57 Å². The third-order valence-corrected chi connectivity index (χ3v) is 3.50. The molecule has 3 aromatic rings. The molecule has 4 heteroatoms. The van der Waals surface area contributed by atoms with Crippen LogP contribution in [0.15, 0.2) is 54.7 Å². The molecule has 0 saturated carbocycles. The van der Waals surface area contributed by atoms with E-state index >= 15 is 0 Å². The van der Waals surface area contributed by atoms with Gasteiger partial charge in [0, 0.05) is 18.1 Å². The van der Waals surface area contributed by atoms with Crippen LogP contribution in [0.25, 0.3) is 10.9 Å². The van der Waals surface area contributed by atoms with E-state index in [1.54, 1.807) is 12.1 Å². The van der Waals surface area contributed by atoms with Crippen LogP contribution in [0, 0.1) is 5.82 Å². The van der Waals surface area contributed by atoms with Crippen molar-refractivity contribution in [2.75, 3.05) is 6.61 Å². The number of ether oxygens (including phenoxy) is 1. The SMILES string of the molecule is NCc1cccc(OCCn2ccc3c(F)cccc32)c1. The van der Waals surface area contributed by atoms with Crippen LogP contribution < -0.4 is 10.5 Å². The van der Waals surface area contributed by atoms with E-state index in [4.69, 9.17) is 10.5 Å². The number of hydrogen-bond donors (Lipinski definition) is 1. The first-order chi connectivity index (χ1) is 10.3. The minimum absolute atomic E-state index is 0.192. The highest BCUT2D eigenvalue weighted by molar-refractivity contribution is 5.80. The third kappa shape index (κ3) is 2.90. The second-order valence-corrected chi connectivity index (χ2v) is 4.88. The van der Waals surface area contributed by atoms with Gasteiger partial charge in [0.25, 0.3) is 0 Å². The Hall–Kier alpha value is -2.33. The van der Waals surface area contributed by atoms with Crippen molar-refractivity contribution in [2.24, 2.45) is 5.73 Å². The van der Waals surface area contributed by atoms with E-state index in [1.165, 1.54) is 6.07 Å². The molecule has 3 nitrogen and oxygen atoms in total. The molecular weight excluding hydrogens is 267 g/mol. The first-order valence-corrected chi connectivity index (χ1v) is 6.93. The molecule has 0 aliphatic rings. The van der Waals surface area contributed by atoms with Crippen molar-refractivity contribution >= 4 is 10.9 Å². The molecule has 0 unspecified atom stereocenters. The molecule has 0 atom stereocenters. The lowest BCUT2D eigenvalue weighted by Gasteiger charge is -2.09. The van der Waals surface area contributed by atoms with Gasteiger partial charge in [-0.2, -0.15) is 0 Å². The number of aromatic nitrogens is 1. The zero-order valence-corrected chi connectivity index (χ0v) is 11.6. The molecule has 1 aromatic heterocycles. The molecular formula is C17H17FN2O. The number of nitrogens with zero attached hydrogens (tertiary/aromatic N) is 1. The molecule has 0 bridgehead atoms. The molecule has 0 aliphatic heterocycles. The molecule has 0 radical (unpaired) electrons. The van der Waals surface area contributed by atoms with Gasteiger partial charge < -0.3 is 15.0 Å². The van der Waals surface area contributed by atoms with E-state index in [-0.39, 0.29) is 5.82 Å². The predicted molar refractivity (Wildman–Crippen MR) is 81.7 cm³/mol. The lowest BCUT2D eigenvalue weighted by Crippen LogP contribution is -2.07. The molecule has 0 spiro atoms. The predicted octanol–water partition coefficient (Wildman–Crippen LogP) is 3.32. The number of benzene rings is 2. The second-order valence-electron chi connectivity index (χ2n) is 4.88. The van der Waals surface area contributed by atoms with E-state index in [1.807, 2.05) is 41.1 Å². The summed E-state index contributed by atoms with van der Waals surface area (Å²) in [7, 11) is 0. The van der Waals surface area contributed by atoms with Gasteiger partial charge in [-0.15, -0.1) is 0 Å². The van der Waals surface area contributed by atoms with Crippen molar-refractivity contribution in [1.29, 1.82) is 0 Å². The minimum atomic E-state index is -0.192. The van der Waals surface area contributed by atoms with Crippen LogP contribution in [0.1, 0.15) is 5.56 Å². The zero-order valence-electron chi connectivity index (χ0n) is 11.6. The average molecular weight is 284 g/mol. The number of nitrogens with two attached hydrogens (primary N) is 1. The van der Waals surface area contributed by atoms with Crippen molar-refractivity contribution in [3.63, 3.8) is 0 Å². The van der Waals surface area contributed by atoms with Gasteiger partial charge >= 0.3 is 0 Å². The van der Waals surface area contributed by atoms with E-state index in [9.17, 15) is 4.39 Å². The maximum atomic E-state index is 13.6. The monoisotopic (exact) mass is 284 g/mol. The fourth-order valence-electron chi connectivity index (χ4n) is 2.40. The van der Waals surface area contributed by atoms with Crippen molar-refractivity contribution in [3.05, 3.63) is 66.1 Å². The highest BCUT2D eigenvalue weighted by Gasteiger charge is 2.05. The lowest BCUT2D eigenvalue weighted by atomic mass is 10.2. The fraction of sp³-hybridized carbons (Fsp3) is 0.176. The van der Waals surface area contributed by atoms with Gasteiger partial charge in [0.05, 0.1) is 12.1 Å². The summed E-state index contributed by atoms with van der Waals surface area (Å²) < 4.78 is 21.3. The Balaban J connectivity index is 1.68. The van der Waals surface area contributed by atoms with E-state index in [0.29, 0.717) is 25.1 Å². The smallest absolute Gasteiger partial charge is 0.132 e. The summed E-state index contributed by atoms with van der Waals surface area (Å²) >= 11 is 0. The van der Waals surface area contributed by atoms with Gasteiger partial charge in [0.1, 0.15) is 18.2 Å². The van der Waals surface area contributed by atoms with Gasteiger partial charge in [-0.3, -0.25) is 0 Å². The summed E-state index contributed by atoms with van der Waals surface area (Å²) in [6.07, 6.45) is 1.88. The van der Waals surface area contributed by atoms with Crippen LogP contribution in [0.2, 0.25) is 0 Å². The highest BCUT2D eigenvalue weighted by atomic mass is 19.1. The topological polar surface area (TPSA) is 40.2 Å². The number of fused-ring (bicyclic) bond motifs is 1. The van der Waals surface area contributed by atoms with Crippen LogP contribution in [-0.2, 0) is 13.1 Å². The molecule has 0 amide bonds. The fourth-order valence-corrected chi connectivity index (χ4v) is 2.40. The van der Waals surface area contributed by atoms with Crippen LogP contribution in [-0.4, -0.2) is 11.2 Å². The van der Waals surface area contributed by atoms with E-state index in [2.05, 4.69) is 0 Å². The Kier molecular flexibility index (Phi) is 3.88. The van der Waals surface area contributed by atoms with Gasteiger partial charge in [-0.05, 0) is 35.9 Å². The Morgan fingerprint density at radius 3 is 2.81 bits per heavy atom. The molecule has 0 fully saturated rings. The van der Waals surface area contributed by atoms with Gasteiger partial charge in [-0.25, -0.2) is 4.39 Å². The third-order valence-electron chi connectivity index (χ3n) is 3.50. The molecule has 21 heavy (non-hydrogen) atoms. The van der Waals surface area contributed by atoms with Crippen molar-refractivity contribution in [2.45, 2.75) is 13.1 Å². The Labute approximate surface area is 122 Å². The molecule has 3 rings (SSSR count). The minimum Gasteiger partial charge on any atom is -0.492 e. The first-order valence-electron chi connectivity index (χ1n) is 6.93. The quantitative estimate of drug-likeness (QED) is 0.780. The molecule has 0 saturated heterocycles. The molecule has 1 heterocycles. The summed E-state index contributed by atoms with van der Waals surface area (Å²) in [6.45, 7) is 1.69. The van der Waals surface area contributed by atoms with Crippen LogP contribution in [0.4, 0.5) is 4.39 Å². The maximum absolute atomic E-state index is 13.6. The Morgan fingerprint density at radius 1 is 1.10 bits per heavy atom. The Bertz CT molecular complexity index is 751. The number of rotatable bonds is 5. The molecule has 2 aromatic carbocycles. The Morgan fingerprint density at radius 2 is 1.95 bits per heavy atom. The average Bonchev–Trinajstić information content (AvgIpc) is 2.92. The van der Waals surface area contributed by atoms with Crippen LogP contribution >= 0.6 is 0 Å². The molecule has 108 valence electrons. The molecule has 2 N–H and O–H groups in total. The summed E-state index contributed by atoms with van der Waals surface area (Å²) in [5.74, 6) is 0.614. The summed E-state index contributed by atoms with van der Waals surface area (Å²) in [4.78, 5) is 0. The van der Waals surface area contributed by atoms with Crippen molar-refractivity contribution in [3.8, 4) is 5.75 Å². The highest BCUT2D eigenvalue weighted by Crippen LogP contribution is 2.19. The van der Waals surface area contributed by atoms with Crippen LogP contribution in [0.5, 0.6) is 5.75 Å². The van der Waals surface area contributed by atoms with Gasteiger partial charge in [0.15, 0.2) is 0 Å². The standard InChI is InChI=1S/C17H17FN2O/c18-16-5-2-6-17-15(16)7-8-20(17)9-10-21-14-4-1-3-13(11-14)12-19/h1-8,11H,9-10,12,19H2. The van der Waals surface area contributed by atoms with E-state index in [0.717, 1.165) is 16.8 Å². The largest absolute Gasteiger partial charge is 0.492 e. The normalized spacial score (nSPS) is 11.0. The summed E-state index contributed by atoms with van der Waals surface area (Å²) in [5, 5.41) is 0.641. The maximum Gasteiger partial charge on any atom is 0.132 e. The number of hydrogen-bond acceptors (Lipinski definition) is 2. The zero-order chi connectivity index (χ0) is 14.7. The summed E-state index contributed by atoms with van der Waals surface area (Å²) in [6, 6.07) is 14.6. The second kappa shape index (κ2) is 5.97. The summed E-state index contributed by atoms with van der Waals surface area (Å²) in [5.41, 5.74) is 7.53. The first kappa shape index (κ1) is 13.6. The molecule has 0 aliphatic carbocycles. The van der Waals surface area contributed by atoms with Crippen LogP contribution in [0.3, 0.4) is 0 Å². The number of halogens is 1. The van der Waals surface area contributed by atoms with Gasteiger partial charge in [0.2, 0.25) is 0 Å². The van der Waals surface area contributed by atoms with E-state index < -0.39 is 0 Å².